The van der Waals surface area contributed by atoms with E-state index >= 15 is 0 Å². The van der Waals surface area contributed by atoms with Gasteiger partial charge in [0.1, 0.15) is 0 Å². The molecule has 96 valence electrons. The smallest absolute Gasteiger partial charge is 0.0104 e. The van der Waals surface area contributed by atoms with Gasteiger partial charge < -0.3 is 10.2 Å². The first-order chi connectivity index (χ1) is 7.68. The highest BCUT2D eigenvalue weighted by atomic mass is 15.1. The molecule has 0 atom stereocenters. The fourth-order valence-corrected chi connectivity index (χ4v) is 2.66. The summed E-state index contributed by atoms with van der Waals surface area (Å²) in [4.78, 5) is 2.44. The molecular weight excluding hydrogens is 196 g/mol. The second-order valence-electron chi connectivity index (χ2n) is 5.80. The SMILES string of the molecule is CC(C)CN(C)CCNC1CCCCCC1. The Balaban J connectivity index is 2.04. The van der Waals surface area contributed by atoms with E-state index in [2.05, 4.69) is 31.1 Å². The number of hydrogen-bond acceptors (Lipinski definition) is 2. The molecule has 16 heavy (non-hydrogen) atoms. The summed E-state index contributed by atoms with van der Waals surface area (Å²) in [5, 5.41) is 3.72. The summed E-state index contributed by atoms with van der Waals surface area (Å²) in [6.07, 6.45) is 8.55. The lowest BCUT2D eigenvalue weighted by Gasteiger charge is -2.21. The molecule has 0 aromatic rings. The fraction of sp³-hybridized carbons (Fsp3) is 1.00. The van der Waals surface area contributed by atoms with Crippen molar-refractivity contribution in [2.75, 3.05) is 26.7 Å². The van der Waals surface area contributed by atoms with Gasteiger partial charge in [-0.15, -0.1) is 0 Å². The van der Waals surface area contributed by atoms with Crippen molar-refractivity contribution in [2.45, 2.75) is 58.4 Å². The van der Waals surface area contributed by atoms with Gasteiger partial charge in [-0.25, -0.2) is 0 Å². The standard InChI is InChI=1S/C14H30N2/c1-13(2)12-16(3)11-10-15-14-8-6-4-5-7-9-14/h13-15H,4-12H2,1-3H3. The van der Waals surface area contributed by atoms with Crippen LogP contribution in [0.1, 0.15) is 52.4 Å². The van der Waals surface area contributed by atoms with Crippen molar-refractivity contribution in [1.29, 1.82) is 0 Å². The minimum absolute atomic E-state index is 0.780. The molecule has 1 rings (SSSR count). The lowest BCUT2D eigenvalue weighted by Crippen LogP contribution is -2.36. The van der Waals surface area contributed by atoms with Crippen LogP contribution in [0.25, 0.3) is 0 Å². The number of hydrogen-bond donors (Lipinski definition) is 1. The van der Waals surface area contributed by atoms with Gasteiger partial charge in [0.2, 0.25) is 0 Å². The predicted molar refractivity (Wildman–Crippen MR) is 71.8 cm³/mol. The molecule has 0 unspecified atom stereocenters. The maximum Gasteiger partial charge on any atom is 0.0104 e. The summed E-state index contributed by atoms with van der Waals surface area (Å²) in [7, 11) is 2.23. The highest BCUT2D eigenvalue weighted by Gasteiger charge is 2.11. The molecule has 0 spiro atoms. The van der Waals surface area contributed by atoms with Gasteiger partial charge in [0.05, 0.1) is 0 Å². The normalized spacial score (nSPS) is 19.3. The Morgan fingerprint density at radius 3 is 2.31 bits per heavy atom. The lowest BCUT2D eigenvalue weighted by atomic mass is 10.1. The topological polar surface area (TPSA) is 15.3 Å². The summed E-state index contributed by atoms with van der Waals surface area (Å²) in [5.74, 6) is 0.780. The molecule has 0 radical (unpaired) electrons. The van der Waals surface area contributed by atoms with Gasteiger partial charge in [-0.1, -0.05) is 39.5 Å². The van der Waals surface area contributed by atoms with Crippen LogP contribution in [0.2, 0.25) is 0 Å². The maximum absolute atomic E-state index is 3.72. The van der Waals surface area contributed by atoms with E-state index in [0.29, 0.717) is 0 Å². The van der Waals surface area contributed by atoms with Crippen LogP contribution in [0.5, 0.6) is 0 Å². The molecule has 1 N–H and O–H groups in total. The summed E-state index contributed by atoms with van der Waals surface area (Å²) >= 11 is 0. The molecule has 0 aromatic carbocycles. The Morgan fingerprint density at radius 2 is 1.75 bits per heavy atom. The monoisotopic (exact) mass is 226 g/mol. The molecule has 2 heteroatoms. The van der Waals surface area contributed by atoms with Crippen LogP contribution in [-0.4, -0.2) is 37.6 Å². The van der Waals surface area contributed by atoms with E-state index in [0.717, 1.165) is 18.5 Å². The van der Waals surface area contributed by atoms with Crippen LogP contribution in [0.15, 0.2) is 0 Å². The van der Waals surface area contributed by atoms with Crippen molar-refractivity contribution >= 4 is 0 Å². The van der Waals surface area contributed by atoms with E-state index in [1.165, 1.54) is 51.6 Å². The molecule has 1 saturated carbocycles. The van der Waals surface area contributed by atoms with Gasteiger partial charge in [-0.2, -0.15) is 0 Å². The molecule has 1 fully saturated rings. The zero-order valence-electron chi connectivity index (χ0n) is 11.5. The van der Waals surface area contributed by atoms with Gasteiger partial charge in [0, 0.05) is 25.7 Å². The summed E-state index contributed by atoms with van der Waals surface area (Å²) in [6.45, 7) is 8.14. The van der Waals surface area contributed by atoms with Crippen molar-refractivity contribution in [1.82, 2.24) is 10.2 Å². The molecule has 0 aliphatic heterocycles. The Bertz CT molecular complexity index is 160. The fourth-order valence-electron chi connectivity index (χ4n) is 2.66. The van der Waals surface area contributed by atoms with E-state index < -0.39 is 0 Å². The van der Waals surface area contributed by atoms with E-state index in [9.17, 15) is 0 Å². The second kappa shape index (κ2) is 8.08. The Kier molecular flexibility index (Phi) is 7.06. The van der Waals surface area contributed by atoms with Crippen molar-refractivity contribution in [3.05, 3.63) is 0 Å². The molecule has 0 saturated heterocycles. The average molecular weight is 226 g/mol. The van der Waals surface area contributed by atoms with Crippen molar-refractivity contribution in [3.8, 4) is 0 Å². The van der Waals surface area contributed by atoms with Crippen LogP contribution >= 0.6 is 0 Å². The molecule has 0 aromatic heterocycles. The third kappa shape index (κ3) is 6.49. The largest absolute Gasteiger partial charge is 0.313 e. The second-order valence-corrected chi connectivity index (χ2v) is 5.80. The highest BCUT2D eigenvalue weighted by Crippen LogP contribution is 2.16. The third-order valence-electron chi connectivity index (χ3n) is 3.46. The third-order valence-corrected chi connectivity index (χ3v) is 3.46. The molecule has 1 aliphatic carbocycles. The quantitative estimate of drug-likeness (QED) is 0.701. The van der Waals surface area contributed by atoms with Crippen molar-refractivity contribution < 1.29 is 0 Å². The average Bonchev–Trinajstić information content (AvgIpc) is 2.45. The van der Waals surface area contributed by atoms with Gasteiger partial charge >= 0.3 is 0 Å². The summed E-state index contributed by atoms with van der Waals surface area (Å²) < 4.78 is 0. The number of nitrogens with zero attached hydrogens (tertiary/aromatic N) is 1. The van der Waals surface area contributed by atoms with E-state index in [-0.39, 0.29) is 0 Å². The first-order valence-electron chi connectivity index (χ1n) is 7.10. The van der Waals surface area contributed by atoms with E-state index in [4.69, 9.17) is 0 Å². The molecular formula is C14H30N2. The number of nitrogens with one attached hydrogen (secondary N) is 1. The Labute approximate surface area is 102 Å². The minimum Gasteiger partial charge on any atom is -0.313 e. The van der Waals surface area contributed by atoms with Crippen LogP contribution < -0.4 is 5.32 Å². The lowest BCUT2D eigenvalue weighted by molar-refractivity contribution is 0.286. The van der Waals surface area contributed by atoms with Gasteiger partial charge in [0.15, 0.2) is 0 Å². The van der Waals surface area contributed by atoms with Crippen LogP contribution in [0.4, 0.5) is 0 Å². The van der Waals surface area contributed by atoms with Crippen LogP contribution in [0.3, 0.4) is 0 Å². The van der Waals surface area contributed by atoms with Gasteiger partial charge in [-0.05, 0) is 25.8 Å². The van der Waals surface area contributed by atoms with Crippen LogP contribution in [0, 0.1) is 5.92 Å². The number of rotatable bonds is 6. The molecule has 0 amide bonds. The Hall–Kier alpha value is -0.0800. The molecule has 0 heterocycles. The molecule has 0 bridgehead atoms. The van der Waals surface area contributed by atoms with E-state index in [1.807, 2.05) is 0 Å². The molecule has 2 nitrogen and oxygen atoms in total. The van der Waals surface area contributed by atoms with Gasteiger partial charge in [0.25, 0.3) is 0 Å². The van der Waals surface area contributed by atoms with E-state index in [1.54, 1.807) is 0 Å². The minimum atomic E-state index is 0.780. The van der Waals surface area contributed by atoms with Gasteiger partial charge in [-0.3, -0.25) is 0 Å². The zero-order valence-corrected chi connectivity index (χ0v) is 11.5. The van der Waals surface area contributed by atoms with Crippen molar-refractivity contribution in [2.24, 2.45) is 5.92 Å². The first kappa shape index (κ1) is 14.0. The van der Waals surface area contributed by atoms with Crippen molar-refractivity contribution in [3.63, 3.8) is 0 Å². The maximum atomic E-state index is 3.72. The summed E-state index contributed by atoms with van der Waals surface area (Å²) in [5.41, 5.74) is 0. The first-order valence-corrected chi connectivity index (χ1v) is 7.10. The van der Waals surface area contributed by atoms with Crippen LogP contribution in [-0.2, 0) is 0 Å². The zero-order chi connectivity index (χ0) is 11.8. The number of likely N-dealkylation sites (N-methyl/N-ethyl adjacent to an activating group) is 1. The Morgan fingerprint density at radius 1 is 1.12 bits per heavy atom. The predicted octanol–water partition coefficient (Wildman–Crippen LogP) is 2.89. The highest BCUT2D eigenvalue weighted by molar-refractivity contribution is 4.71. The molecule has 1 aliphatic rings. The summed E-state index contributed by atoms with van der Waals surface area (Å²) in [6, 6.07) is 0.801.